The number of hydrogen-bond donors (Lipinski definition) is 1. The van der Waals surface area contributed by atoms with Crippen molar-refractivity contribution in [1.82, 2.24) is 4.98 Å². The quantitative estimate of drug-likeness (QED) is 0.912. The van der Waals surface area contributed by atoms with Gasteiger partial charge in [-0.3, -0.25) is 4.98 Å². The third kappa shape index (κ3) is 2.69. The van der Waals surface area contributed by atoms with E-state index < -0.39 is 0 Å². The van der Waals surface area contributed by atoms with Crippen molar-refractivity contribution in [2.45, 2.75) is 18.9 Å². The van der Waals surface area contributed by atoms with E-state index in [2.05, 4.69) is 11.1 Å². The lowest BCUT2D eigenvalue weighted by Gasteiger charge is -2.11. The lowest BCUT2D eigenvalue weighted by molar-refractivity contribution is 0.174. The summed E-state index contributed by atoms with van der Waals surface area (Å²) in [4.78, 5) is 4.28. The molecule has 1 aromatic carbocycles. The number of aryl methyl sites for hydroxylation is 1. The van der Waals surface area contributed by atoms with Crippen LogP contribution in [-0.4, -0.2) is 11.8 Å². The average molecular weight is 256 g/mol. The molecule has 1 atom stereocenters. The Bertz CT molecular complexity index is 557. The molecule has 4 nitrogen and oxygen atoms in total. The number of benzene rings is 1. The van der Waals surface area contributed by atoms with Crippen LogP contribution < -0.4 is 15.2 Å². The van der Waals surface area contributed by atoms with Gasteiger partial charge in [-0.15, -0.1) is 0 Å². The number of nitrogens with two attached hydrogens (primary N) is 1. The maximum atomic E-state index is 6.14. The molecule has 2 N–H and O–H groups in total. The van der Waals surface area contributed by atoms with Crippen molar-refractivity contribution in [2.75, 3.05) is 6.79 Å². The van der Waals surface area contributed by atoms with Crippen LogP contribution in [0.1, 0.15) is 23.7 Å². The van der Waals surface area contributed by atoms with Gasteiger partial charge in [-0.2, -0.15) is 0 Å². The zero-order chi connectivity index (χ0) is 13.1. The van der Waals surface area contributed by atoms with Crippen LogP contribution in [0.4, 0.5) is 0 Å². The minimum absolute atomic E-state index is 0.0355. The van der Waals surface area contributed by atoms with E-state index in [0.29, 0.717) is 6.79 Å². The number of pyridine rings is 1. The van der Waals surface area contributed by atoms with Crippen molar-refractivity contribution in [1.29, 1.82) is 0 Å². The van der Waals surface area contributed by atoms with Gasteiger partial charge in [0, 0.05) is 12.2 Å². The fourth-order valence-electron chi connectivity index (χ4n) is 2.16. The third-order valence-corrected chi connectivity index (χ3v) is 3.25. The molecule has 0 radical (unpaired) electrons. The third-order valence-electron chi connectivity index (χ3n) is 3.25. The monoisotopic (exact) mass is 256 g/mol. The summed E-state index contributed by atoms with van der Waals surface area (Å²) in [5.41, 5.74) is 8.28. The molecule has 1 aliphatic heterocycles. The van der Waals surface area contributed by atoms with Crippen molar-refractivity contribution in [3.63, 3.8) is 0 Å². The molecule has 0 spiro atoms. The van der Waals surface area contributed by atoms with Gasteiger partial charge in [0.05, 0.1) is 5.69 Å². The number of aromatic nitrogens is 1. The molecule has 2 aromatic rings. The van der Waals surface area contributed by atoms with E-state index in [-0.39, 0.29) is 6.04 Å². The topological polar surface area (TPSA) is 57.4 Å². The standard InChI is InChI=1S/C15H16N2O2/c16-12(13-3-1-2-8-17-13)6-4-11-5-7-14-15(9-11)19-10-18-14/h1-3,5,7-9,12H,4,6,10,16H2. The molecular weight excluding hydrogens is 240 g/mol. The molecule has 2 heterocycles. The molecule has 0 aliphatic carbocycles. The Hall–Kier alpha value is -2.07. The van der Waals surface area contributed by atoms with Gasteiger partial charge < -0.3 is 15.2 Å². The molecule has 98 valence electrons. The molecule has 1 aliphatic rings. The van der Waals surface area contributed by atoms with Crippen molar-refractivity contribution < 1.29 is 9.47 Å². The average Bonchev–Trinajstić information content (AvgIpc) is 2.93. The molecule has 1 aromatic heterocycles. The number of rotatable bonds is 4. The van der Waals surface area contributed by atoms with Crippen LogP contribution >= 0.6 is 0 Å². The minimum Gasteiger partial charge on any atom is -0.454 e. The predicted octanol–water partition coefficient (Wildman–Crippen LogP) is 2.44. The number of ether oxygens (including phenoxy) is 2. The van der Waals surface area contributed by atoms with Gasteiger partial charge in [0.1, 0.15) is 0 Å². The molecule has 4 heteroatoms. The Balaban J connectivity index is 1.63. The van der Waals surface area contributed by atoms with Crippen LogP contribution in [0, 0.1) is 0 Å². The SMILES string of the molecule is NC(CCc1ccc2c(c1)OCO2)c1ccccn1. The second kappa shape index (κ2) is 5.28. The molecule has 19 heavy (non-hydrogen) atoms. The fraction of sp³-hybridized carbons (Fsp3) is 0.267. The maximum absolute atomic E-state index is 6.14. The largest absolute Gasteiger partial charge is 0.454 e. The van der Waals surface area contributed by atoms with E-state index in [1.165, 1.54) is 5.56 Å². The lowest BCUT2D eigenvalue weighted by Crippen LogP contribution is -2.12. The van der Waals surface area contributed by atoms with Crippen molar-refractivity contribution >= 4 is 0 Å². The van der Waals surface area contributed by atoms with E-state index in [1.807, 2.05) is 30.3 Å². The first-order valence-corrected chi connectivity index (χ1v) is 6.38. The van der Waals surface area contributed by atoms with Crippen molar-refractivity contribution in [2.24, 2.45) is 5.73 Å². The van der Waals surface area contributed by atoms with E-state index in [1.54, 1.807) is 6.20 Å². The molecule has 3 rings (SSSR count). The van der Waals surface area contributed by atoms with E-state index in [9.17, 15) is 0 Å². The molecule has 0 saturated carbocycles. The Morgan fingerprint density at radius 3 is 2.89 bits per heavy atom. The van der Waals surface area contributed by atoms with Crippen molar-refractivity contribution in [3.05, 3.63) is 53.9 Å². The Morgan fingerprint density at radius 2 is 2.05 bits per heavy atom. The van der Waals surface area contributed by atoms with Gasteiger partial charge in [-0.25, -0.2) is 0 Å². The van der Waals surface area contributed by atoms with Crippen LogP contribution in [0.25, 0.3) is 0 Å². The number of fused-ring (bicyclic) bond motifs is 1. The fourth-order valence-corrected chi connectivity index (χ4v) is 2.16. The highest BCUT2D eigenvalue weighted by Crippen LogP contribution is 2.33. The maximum Gasteiger partial charge on any atom is 0.231 e. The van der Waals surface area contributed by atoms with Crippen LogP contribution in [0.3, 0.4) is 0 Å². The van der Waals surface area contributed by atoms with Crippen LogP contribution in [0.2, 0.25) is 0 Å². The summed E-state index contributed by atoms with van der Waals surface area (Å²) in [6.07, 6.45) is 3.53. The summed E-state index contributed by atoms with van der Waals surface area (Å²) >= 11 is 0. The summed E-state index contributed by atoms with van der Waals surface area (Å²) < 4.78 is 10.7. The van der Waals surface area contributed by atoms with E-state index >= 15 is 0 Å². The summed E-state index contributed by atoms with van der Waals surface area (Å²) in [6, 6.07) is 11.8. The first kappa shape index (κ1) is 12.0. The second-order valence-corrected chi connectivity index (χ2v) is 4.59. The second-order valence-electron chi connectivity index (χ2n) is 4.59. The molecule has 0 fully saturated rings. The lowest BCUT2D eigenvalue weighted by atomic mass is 10.0. The van der Waals surface area contributed by atoms with Gasteiger partial charge in [0.15, 0.2) is 11.5 Å². The molecular formula is C15H16N2O2. The van der Waals surface area contributed by atoms with Gasteiger partial charge >= 0.3 is 0 Å². The number of hydrogen-bond acceptors (Lipinski definition) is 4. The Kier molecular flexibility index (Phi) is 3.33. The minimum atomic E-state index is -0.0355. The van der Waals surface area contributed by atoms with Crippen LogP contribution in [0.5, 0.6) is 11.5 Å². The zero-order valence-electron chi connectivity index (χ0n) is 10.6. The predicted molar refractivity (Wildman–Crippen MR) is 72.1 cm³/mol. The van der Waals surface area contributed by atoms with Gasteiger partial charge in [0.2, 0.25) is 6.79 Å². The first-order valence-electron chi connectivity index (χ1n) is 6.38. The molecule has 0 bridgehead atoms. The summed E-state index contributed by atoms with van der Waals surface area (Å²) in [5.74, 6) is 1.64. The van der Waals surface area contributed by atoms with Gasteiger partial charge in [-0.1, -0.05) is 12.1 Å². The van der Waals surface area contributed by atoms with Crippen LogP contribution in [0.15, 0.2) is 42.6 Å². The highest BCUT2D eigenvalue weighted by Gasteiger charge is 2.14. The summed E-state index contributed by atoms with van der Waals surface area (Å²) in [6.45, 7) is 0.312. The summed E-state index contributed by atoms with van der Waals surface area (Å²) in [5, 5.41) is 0. The highest BCUT2D eigenvalue weighted by atomic mass is 16.7. The zero-order valence-corrected chi connectivity index (χ0v) is 10.6. The molecule has 0 amide bonds. The molecule has 1 unspecified atom stereocenters. The Labute approximate surface area is 112 Å². The van der Waals surface area contributed by atoms with E-state index in [0.717, 1.165) is 30.0 Å². The molecule has 0 saturated heterocycles. The van der Waals surface area contributed by atoms with E-state index in [4.69, 9.17) is 15.2 Å². The van der Waals surface area contributed by atoms with Gasteiger partial charge in [0.25, 0.3) is 0 Å². The highest BCUT2D eigenvalue weighted by molar-refractivity contribution is 5.44. The van der Waals surface area contributed by atoms with Crippen LogP contribution in [-0.2, 0) is 6.42 Å². The normalized spacial score (nSPS) is 14.4. The Morgan fingerprint density at radius 1 is 1.16 bits per heavy atom. The number of nitrogens with zero attached hydrogens (tertiary/aromatic N) is 1. The van der Waals surface area contributed by atoms with Crippen molar-refractivity contribution in [3.8, 4) is 11.5 Å². The first-order chi connectivity index (χ1) is 9.33. The van der Waals surface area contributed by atoms with Gasteiger partial charge in [-0.05, 0) is 42.7 Å². The smallest absolute Gasteiger partial charge is 0.231 e. The summed E-state index contributed by atoms with van der Waals surface area (Å²) in [7, 11) is 0.